The Morgan fingerprint density at radius 1 is 0.495 bits per heavy atom. The number of allylic oxidation sites excluding steroid dienone is 5. The van der Waals surface area contributed by atoms with Gasteiger partial charge in [0, 0.05) is 49.7 Å². The molecule has 3 aliphatic carbocycles. The van der Waals surface area contributed by atoms with E-state index >= 15 is 0 Å². The third-order valence-electron chi connectivity index (χ3n) is 19.0. The van der Waals surface area contributed by atoms with Crippen molar-refractivity contribution in [2.75, 3.05) is 42.7 Å². The van der Waals surface area contributed by atoms with Gasteiger partial charge in [-0.1, -0.05) is 90.4 Å². The molecule has 0 fully saturated rings. The van der Waals surface area contributed by atoms with Crippen molar-refractivity contribution in [3.63, 3.8) is 0 Å². The van der Waals surface area contributed by atoms with Gasteiger partial charge in [0.15, 0.2) is 40.2 Å². The number of aromatic hydroxyl groups is 3. The van der Waals surface area contributed by atoms with Crippen molar-refractivity contribution in [3.05, 3.63) is 265 Å². The molecule has 4 unspecified atom stereocenters. The van der Waals surface area contributed by atoms with Crippen LogP contribution in [0.5, 0.6) is 51.7 Å². The third-order valence-corrected chi connectivity index (χ3v) is 19.0. The number of carbonyl (C=O) groups is 3. The number of aromatic nitrogens is 3. The quantitative estimate of drug-likeness (QED) is 0.0326. The third kappa shape index (κ3) is 17.4. The number of amides is 3. The topological polar surface area (TPSA) is 246 Å². The van der Waals surface area contributed by atoms with E-state index in [1.165, 1.54) is 77.1 Å². The molecule has 0 spiro atoms. The molecule has 0 saturated carbocycles. The molecule has 103 heavy (non-hydrogen) atoms. The second-order valence-electron chi connectivity index (χ2n) is 25.4. The Balaban J connectivity index is 0.000000166. The van der Waals surface area contributed by atoms with E-state index in [1.807, 2.05) is 91.9 Å². The molecule has 3 aromatic heterocycles. The molecule has 3 heterocycles. The van der Waals surface area contributed by atoms with E-state index in [0.717, 1.165) is 78.3 Å². The maximum Gasteiger partial charge on any atom is 0.221 e. The second-order valence-corrected chi connectivity index (χ2v) is 25.4. The molecule has 0 saturated heterocycles. The summed E-state index contributed by atoms with van der Waals surface area (Å²) in [5.41, 5.74) is 18.3. The van der Waals surface area contributed by atoms with Crippen LogP contribution < -0.4 is 44.4 Å². The summed E-state index contributed by atoms with van der Waals surface area (Å²) in [5.74, 6) is 1.08. The van der Waals surface area contributed by atoms with Crippen LogP contribution in [0.4, 0.5) is 10.1 Å². The molecule has 6 aromatic carbocycles. The van der Waals surface area contributed by atoms with Crippen LogP contribution in [0.3, 0.4) is 0 Å². The minimum Gasteiger partial charge on any atom is -0.502 e. The highest BCUT2D eigenvalue weighted by atomic mass is 19.1. The zero-order chi connectivity index (χ0) is 73.4. The van der Waals surface area contributed by atoms with Gasteiger partial charge in [-0.25, -0.2) is 9.24 Å². The van der Waals surface area contributed by atoms with Crippen molar-refractivity contribution in [2.45, 2.75) is 97.2 Å². The Morgan fingerprint density at radius 3 is 1.30 bits per heavy atom. The summed E-state index contributed by atoms with van der Waals surface area (Å²) in [6.07, 6.45) is 9.17. The molecule has 3 amide bonds. The van der Waals surface area contributed by atoms with Crippen molar-refractivity contribution in [3.8, 4) is 51.7 Å². The monoisotopic (exact) mass is 1390 g/mol. The summed E-state index contributed by atoms with van der Waals surface area (Å²) in [4.78, 5) is 54.8. The number of fused-ring (bicyclic) bond motifs is 3. The molecule has 4 atom stereocenters. The van der Waals surface area contributed by atoms with Crippen molar-refractivity contribution < 1.29 is 62.5 Å². The molecule has 12 rings (SSSR count). The lowest BCUT2D eigenvalue weighted by Crippen LogP contribution is -2.25. The first kappa shape index (κ1) is 73.7. The fourth-order valence-corrected chi connectivity index (χ4v) is 13.6. The van der Waals surface area contributed by atoms with Crippen LogP contribution in [-0.4, -0.2) is 90.7 Å². The number of phenols is 3. The first-order chi connectivity index (χ1) is 49.8. The number of ether oxygens (including phenoxy) is 6. The van der Waals surface area contributed by atoms with Gasteiger partial charge in [0.25, 0.3) is 0 Å². The van der Waals surface area contributed by atoms with Gasteiger partial charge in [0.05, 0.1) is 85.9 Å². The zero-order valence-corrected chi connectivity index (χ0v) is 59.3. The van der Waals surface area contributed by atoms with E-state index < -0.39 is 0 Å². The number of pyridine rings is 3. The number of benzene rings is 6. The number of methoxy groups -OCH3 is 6. The van der Waals surface area contributed by atoms with E-state index in [-0.39, 0.29) is 70.9 Å². The Morgan fingerprint density at radius 2 is 0.893 bits per heavy atom. The van der Waals surface area contributed by atoms with Crippen LogP contribution in [-0.2, 0) is 46.9 Å². The fourth-order valence-electron chi connectivity index (χ4n) is 13.6. The minimum absolute atomic E-state index is 0.00307. The van der Waals surface area contributed by atoms with Gasteiger partial charge in [-0.3, -0.25) is 29.3 Å². The summed E-state index contributed by atoms with van der Waals surface area (Å²) in [6, 6.07) is 44.3. The number of aryl methyl sites for hydroxylation is 1. The van der Waals surface area contributed by atoms with Gasteiger partial charge < -0.3 is 59.7 Å². The maximum absolute atomic E-state index is 14.2. The summed E-state index contributed by atoms with van der Waals surface area (Å²) in [5, 5.41) is 39.7. The molecule has 530 valence electrons. The molecular formula is C83H84FN7O12. The van der Waals surface area contributed by atoms with Gasteiger partial charge in [0.1, 0.15) is 5.82 Å². The average Bonchev–Trinajstić information content (AvgIpc) is 1.65. The second kappa shape index (κ2) is 33.9. The van der Waals surface area contributed by atoms with Gasteiger partial charge in [-0.2, -0.15) is 0 Å². The van der Waals surface area contributed by atoms with E-state index in [2.05, 4.69) is 74.7 Å². The normalized spacial score (nSPS) is 15.6. The van der Waals surface area contributed by atoms with Gasteiger partial charge in [0.2, 0.25) is 35.0 Å². The predicted octanol–water partition coefficient (Wildman–Crippen LogP) is 15.0. The highest BCUT2D eigenvalue weighted by Gasteiger charge is 2.36. The number of rotatable bonds is 23. The number of halogens is 1. The van der Waals surface area contributed by atoms with E-state index in [4.69, 9.17) is 35.0 Å². The number of hydrogen-bond acceptors (Lipinski definition) is 15. The molecule has 6 N–H and O–H groups in total. The highest BCUT2D eigenvalue weighted by Crippen LogP contribution is 2.52. The van der Waals surface area contributed by atoms with Crippen LogP contribution in [0.25, 0.3) is 27.6 Å². The Kier molecular flexibility index (Phi) is 24.3. The highest BCUT2D eigenvalue weighted by molar-refractivity contribution is 5.91. The Bertz CT molecular complexity index is 4460. The number of hydrogen-bond donors (Lipinski definition) is 6. The predicted molar refractivity (Wildman–Crippen MR) is 394 cm³/mol. The summed E-state index contributed by atoms with van der Waals surface area (Å²) in [6.45, 7) is 16.8. The largest absolute Gasteiger partial charge is 0.502 e. The number of nitrogens with one attached hydrogen (secondary N) is 3. The number of carbonyl (C=O) groups excluding carboxylic acids is 3. The summed E-state index contributed by atoms with van der Waals surface area (Å²) in [7, 11) is 8.99. The van der Waals surface area contributed by atoms with Crippen LogP contribution in [0.2, 0.25) is 0 Å². The minimum atomic E-state index is -0.334. The molecule has 0 bridgehead atoms. The smallest absolute Gasteiger partial charge is 0.221 e. The lowest BCUT2D eigenvalue weighted by molar-refractivity contribution is -0.122. The van der Waals surface area contributed by atoms with E-state index in [9.17, 15) is 34.1 Å². The standard InChI is InChI=1S/C28H27N3O4.C28H30N2O4.C27H27FN2O4/c1-17-22(11-18-12-25(34-3)28(33)26(13-18)35-4)21-9-8-19(29-2)14-24(21)23(17)15-27(32)31-16-20-7-5-6-10-30-20;1-17-8-9-21-22(12-19-13-25(33-3)28(32)26(14-19)34-4)18(2)23(24(21)11-17)15-27(31)30-16-20-7-5-6-10-29-20;1-16-21(10-17-11-24(33-2)27(32)25(12-17)34-3)20-8-7-18(28)13-23(20)22(16)14-26(31)30-15-19-6-4-5-9-29-19/h5-14,17,23,33H,15-16H2,1,3-4H3,(H,31,32);5-11,13-14,23,32H,12,15-16H2,1-4H3,(H,30,31);4-9,11-13,22,32H,10,14-15H2,1-3H3,(H,30,31)/b22-11-;;. The molecule has 0 aliphatic heterocycles. The number of nitrogens with zero attached hydrogens (tertiary/aromatic N) is 4. The Labute approximate surface area is 599 Å². The van der Waals surface area contributed by atoms with Crippen molar-refractivity contribution in [2.24, 2.45) is 5.92 Å². The van der Waals surface area contributed by atoms with Gasteiger partial charge in [-0.15, -0.1) is 0 Å². The first-order valence-electron chi connectivity index (χ1n) is 33.6. The molecule has 19 nitrogen and oxygen atoms in total. The maximum atomic E-state index is 14.2. The lowest BCUT2D eigenvalue weighted by atomic mass is 9.88. The molecule has 3 aliphatic rings. The van der Waals surface area contributed by atoms with Crippen LogP contribution in [0, 0.1) is 25.2 Å². The zero-order valence-electron chi connectivity index (χ0n) is 59.3. The lowest BCUT2D eigenvalue weighted by Gasteiger charge is -2.17. The van der Waals surface area contributed by atoms with Crippen molar-refractivity contribution in [1.82, 2.24) is 30.9 Å². The van der Waals surface area contributed by atoms with E-state index in [0.29, 0.717) is 85.5 Å². The fraction of sp³-hybridized carbons (Fsp3) is 0.265. The number of phenolic OH excluding ortho intramolecular Hbond substituents is 3. The van der Waals surface area contributed by atoms with Crippen molar-refractivity contribution in [1.29, 1.82) is 0 Å². The molecule has 20 heteroatoms. The molecular weight excluding hydrogens is 1310 g/mol. The summed E-state index contributed by atoms with van der Waals surface area (Å²) >= 11 is 0. The first-order valence-corrected chi connectivity index (χ1v) is 33.6. The molecule has 9 aromatic rings. The van der Waals surface area contributed by atoms with Gasteiger partial charge in [-0.05, 0) is 197 Å². The Hall–Kier alpha value is -12.0. The summed E-state index contributed by atoms with van der Waals surface area (Å²) < 4.78 is 46.0. The van der Waals surface area contributed by atoms with E-state index in [1.54, 1.807) is 55.0 Å². The van der Waals surface area contributed by atoms with Crippen molar-refractivity contribution >= 4 is 46.2 Å². The van der Waals surface area contributed by atoms with Crippen LogP contribution >= 0.6 is 0 Å². The molecule has 0 radical (unpaired) electrons. The van der Waals surface area contributed by atoms with Crippen LogP contribution in [0.15, 0.2) is 175 Å². The average molecular weight is 1390 g/mol. The SMILES string of the molecule is COc1cc(CC2=C(C)C(CC(=O)NCc3ccccn3)c3cc(C)ccc32)cc(OC)c1O.COc1cc(CC2=C(C)C(CC(=O)NCc3ccccn3)c3cc(F)ccc32)cc(OC)c1O.[C-]#[N+]c1ccc2c(c1)C(CC(=O)NCc1ccccn1)C(C)/C2=C/c1cc(OC)c(O)c(OC)c1. The van der Waals surface area contributed by atoms with Gasteiger partial charge >= 0.3 is 0 Å². The van der Waals surface area contributed by atoms with Crippen LogP contribution in [0.1, 0.15) is 131 Å².